The highest BCUT2D eigenvalue weighted by molar-refractivity contribution is 9.10. The molecule has 0 radical (unpaired) electrons. The largest absolute Gasteiger partial charge is 0.326 e. The fourth-order valence-corrected chi connectivity index (χ4v) is 1.84. The predicted octanol–water partition coefficient (Wildman–Crippen LogP) is 2.10. The molecule has 0 saturated heterocycles. The number of nitrogens with zero attached hydrogens (tertiary/aromatic N) is 2. The Morgan fingerprint density at radius 1 is 1.50 bits per heavy atom. The van der Waals surface area contributed by atoms with Gasteiger partial charge in [-0.3, -0.25) is 0 Å². The maximum Gasteiger partial charge on any atom is 0.109 e. The lowest BCUT2D eigenvalue weighted by molar-refractivity contribution is 0.600. The molecule has 1 heterocycles. The molecular formula is C10H18BrN3. The Morgan fingerprint density at radius 2 is 2.14 bits per heavy atom. The first-order valence-electron chi connectivity index (χ1n) is 4.90. The van der Waals surface area contributed by atoms with Crippen LogP contribution in [0, 0.1) is 5.92 Å². The molecule has 0 amide bonds. The van der Waals surface area contributed by atoms with Crippen LogP contribution in [0.2, 0.25) is 0 Å². The lowest BCUT2D eigenvalue weighted by Gasteiger charge is -2.04. The molecule has 1 aromatic heterocycles. The van der Waals surface area contributed by atoms with Crippen molar-refractivity contribution in [3.63, 3.8) is 0 Å². The molecule has 0 aliphatic heterocycles. The summed E-state index contributed by atoms with van der Waals surface area (Å²) in [5, 5.41) is 3.11. The number of nitrogens with one attached hydrogen (secondary N) is 1. The van der Waals surface area contributed by atoms with Crippen molar-refractivity contribution in [3.05, 3.63) is 16.1 Å². The van der Waals surface area contributed by atoms with E-state index in [1.807, 2.05) is 14.1 Å². The molecule has 0 aromatic carbocycles. The Balaban J connectivity index is 2.90. The van der Waals surface area contributed by atoms with Crippen molar-refractivity contribution in [2.45, 2.75) is 26.8 Å². The Labute approximate surface area is 94.0 Å². The van der Waals surface area contributed by atoms with Gasteiger partial charge in [0.1, 0.15) is 10.4 Å². The van der Waals surface area contributed by atoms with Gasteiger partial charge in [0.15, 0.2) is 0 Å². The van der Waals surface area contributed by atoms with Gasteiger partial charge in [0.2, 0.25) is 0 Å². The van der Waals surface area contributed by atoms with E-state index in [9.17, 15) is 0 Å². The Morgan fingerprint density at radius 3 is 2.64 bits per heavy atom. The van der Waals surface area contributed by atoms with Gasteiger partial charge in [0.05, 0.1) is 5.69 Å². The van der Waals surface area contributed by atoms with Crippen LogP contribution >= 0.6 is 15.9 Å². The highest BCUT2D eigenvalue weighted by Crippen LogP contribution is 2.19. The smallest absolute Gasteiger partial charge is 0.109 e. The number of imidazole rings is 1. The van der Waals surface area contributed by atoms with Gasteiger partial charge in [0.25, 0.3) is 0 Å². The fourth-order valence-electron chi connectivity index (χ4n) is 1.41. The zero-order chi connectivity index (χ0) is 10.7. The number of hydrogen-bond acceptors (Lipinski definition) is 2. The summed E-state index contributed by atoms with van der Waals surface area (Å²) in [6.45, 7) is 5.23. The molecule has 0 spiro atoms. The van der Waals surface area contributed by atoms with Gasteiger partial charge >= 0.3 is 0 Å². The second-order valence-corrected chi connectivity index (χ2v) is 4.70. The molecule has 1 rings (SSSR count). The third kappa shape index (κ3) is 2.58. The average Bonchev–Trinajstić information content (AvgIpc) is 2.34. The second-order valence-electron chi connectivity index (χ2n) is 3.95. The van der Waals surface area contributed by atoms with Gasteiger partial charge in [-0.2, -0.15) is 0 Å². The quantitative estimate of drug-likeness (QED) is 0.898. The average molecular weight is 260 g/mol. The minimum Gasteiger partial charge on any atom is -0.326 e. The third-order valence-corrected chi connectivity index (χ3v) is 3.11. The van der Waals surface area contributed by atoms with Crippen LogP contribution in [-0.4, -0.2) is 16.6 Å². The minimum atomic E-state index is 0.644. The lowest BCUT2D eigenvalue weighted by atomic mass is 10.1. The summed E-state index contributed by atoms with van der Waals surface area (Å²) >= 11 is 3.55. The third-order valence-electron chi connectivity index (χ3n) is 2.12. The SMILES string of the molecule is CNCc1nc(CC(C)C)n(C)c1Br. The monoisotopic (exact) mass is 259 g/mol. The van der Waals surface area contributed by atoms with Crippen molar-refractivity contribution in [2.75, 3.05) is 7.05 Å². The highest BCUT2D eigenvalue weighted by atomic mass is 79.9. The Hall–Kier alpha value is -0.350. The van der Waals surface area contributed by atoms with E-state index in [4.69, 9.17) is 0 Å². The van der Waals surface area contributed by atoms with Crippen LogP contribution in [0.5, 0.6) is 0 Å². The lowest BCUT2D eigenvalue weighted by Crippen LogP contribution is -2.06. The number of hydrogen-bond donors (Lipinski definition) is 1. The van der Waals surface area contributed by atoms with Crippen molar-refractivity contribution < 1.29 is 0 Å². The topological polar surface area (TPSA) is 29.9 Å². The van der Waals surface area contributed by atoms with E-state index in [1.165, 1.54) is 0 Å². The van der Waals surface area contributed by atoms with E-state index in [-0.39, 0.29) is 0 Å². The molecule has 0 atom stereocenters. The zero-order valence-corrected chi connectivity index (χ0v) is 10.8. The van der Waals surface area contributed by atoms with Crippen LogP contribution in [0.4, 0.5) is 0 Å². The minimum absolute atomic E-state index is 0.644. The molecule has 0 aliphatic rings. The number of aromatic nitrogens is 2. The Kier molecular flexibility index (Phi) is 4.13. The molecule has 1 aromatic rings. The number of halogens is 1. The van der Waals surface area contributed by atoms with Gasteiger partial charge in [-0.15, -0.1) is 0 Å². The summed E-state index contributed by atoms with van der Waals surface area (Å²) in [5.74, 6) is 1.79. The van der Waals surface area contributed by atoms with Crippen LogP contribution in [0.3, 0.4) is 0 Å². The van der Waals surface area contributed by atoms with Gasteiger partial charge < -0.3 is 9.88 Å². The van der Waals surface area contributed by atoms with Crippen LogP contribution in [0.25, 0.3) is 0 Å². The van der Waals surface area contributed by atoms with Gasteiger partial charge in [-0.1, -0.05) is 13.8 Å². The standard InChI is InChI=1S/C10H18BrN3/c1-7(2)5-9-13-8(6-12-3)10(11)14(9)4/h7,12H,5-6H2,1-4H3. The summed E-state index contributed by atoms with van der Waals surface area (Å²) in [6.07, 6.45) is 1.03. The normalized spacial score (nSPS) is 11.3. The van der Waals surface area contributed by atoms with Crippen LogP contribution < -0.4 is 5.32 Å². The summed E-state index contributed by atoms with van der Waals surface area (Å²) in [4.78, 5) is 4.59. The van der Waals surface area contributed by atoms with Crippen LogP contribution in [0.1, 0.15) is 25.4 Å². The van der Waals surface area contributed by atoms with E-state index < -0.39 is 0 Å². The first-order chi connectivity index (χ1) is 6.56. The van der Waals surface area contributed by atoms with Gasteiger partial charge in [-0.05, 0) is 28.9 Å². The van der Waals surface area contributed by atoms with Gasteiger partial charge in [-0.25, -0.2) is 4.98 Å². The highest BCUT2D eigenvalue weighted by Gasteiger charge is 2.12. The van der Waals surface area contributed by atoms with E-state index >= 15 is 0 Å². The van der Waals surface area contributed by atoms with Crippen molar-refractivity contribution >= 4 is 15.9 Å². The summed E-state index contributed by atoms with van der Waals surface area (Å²) in [5.41, 5.74) is 1.09. The molecule has 0 unspecified atom stereocenters. The maximum absolute atomic E-state index is 4.59. The van der Waals surface area contributed by atoms with Gasteiger partial charge in [0, 0.05) is 20.0 Å². The Bertz CT molecular complexity index is 305. The van der Waals surface area contributed by atoms with E-state index in [2.05, 4.69) is 44.6 Å². The van der Waals surface area contributed by atoms with Crippen LogP contribution in [0.15, 0.2) is 4.60 Å². The number of rotatable bonds is 4. The molecule has 0 fully saturated rings. The second kappa shape index (κ2) is 4.94. The first-order valence-corrected chi connectivity index (χ1v) is 5.70. The molecule has 1 N–H and O–H groups in total. The predicted molar refractivity (Wildman–Crippen MR) is 62.2 cm³/mol. The summed E-state index contributed by atoms with van der Waals surface area (Å²) < 4.78 is 3.20. The molecule has 3 nitrogen and oxygen atoms in total. The molecule has 0 aliphatic carbocycles. The first kappa shape index (κ1) is 11.7. The van der Waals surface area contributed by atoms with Crippen molar-refractivity contribution in [1.82, 2.24) is 14.9 Å². The summed E-state index contributed by atoms with van der Waals surface area (Å²) in [6, 6.07) is 0. The van der Waals surface area contributed by atoms with Crippen molar-refractivity contribution in [2.24, 2.45) is 13.0 Å². The molecule has 0 saturated carbocycles. The molecule has 80 valence electrons. The zero-order valence-electron chi connectivity index (χ0n) is 9.26. The maximum atomic E-state index is 4.59. The van der Waals surface area contributed by atoms with Crippen LogP contribution in [-0.2, 0) is 20.0 Å². The van der Waals surface area contributed by atoms with Crippen molar-refractivity contribution in [1.29, 1.82) is 0 Å². The molecular weight excluding hydrogens is 242 g/mol. The van der Waals surface area contributed by atoms with E-state index in [0.29, 0.717) is 5.92 Å². The van der Waals surface area contributed by atoms with E-state index in [1.54, 1.807) is 0 Å². The molecule has 14 heavy (non-hydrogen) atoms. The molecule has 4 heteroatoms. The summed E-state index contributed by atoms with van der Waals surface area (Å²) in [7, 11) is 3.98. The fraction of sp³-hybridized carbons (Fsp3) is 0.700. The molecule has 0 bridgehead atoms. The van der Waals surface area contributed by atoms with Crippen molar-refractivity contribution in [3.8, 4) is 0 Å². The van der Waals surface area contributed by atoms with E-state index in [0.717, 1.165) is 29.1 Å².